The molecule has 3 N–H and O–H groups in total. The number of benzene rings is 1. The molecule has 5 nitrogen and oxygen atoms in total. The van der Waals surface area contributed by atoms with E-state index in [2.05, 4.69) is 20.6 Å². The topological polar surface area (TPSA) is 70.1 Å². The van der Waals surface area contributed by atoms with E-state index in [4.69, 9.17) is 5.11 Å². The first-order valence-electron chi connectivity index (χ1n) is 7.46. The molecule has 0 aliphatic heterocycles. The number of rotatable bonds is 7. The zero-order valence-electron chi connectivity index (χ0n) is 12.2. The summed E-state index contributed by atoms with van der Waals surface area (Å²) < 4.78 is 13.2. The van der Waals surface area contributed by atoms with Gasteiger partial charge in [-0.05, 0) is 30.5 Å². The molecule has 6 heteroatoms. The highest BCUT2D eigenvalue weighted by atomic mass is 19.1. The number of hydrogen-bond acceptors (Lipinski definition) is 5. The minimum absolute atomic E-state index is 0.0308. The molecule has 1 aliphatic carbocycles. The maximum absolute atomic E-state index is 13.2. The van der Waals surface area contributed by atoms with Crippen molar-refractivity contribution in [2.24, 2.45) is 0 Å². The fourth-order valence-electron chi connectivity index (χ4n) is 2.23. The van der Waals surface area contributed by atoms with Crippen molar-refractivity contribution < 1.29 is 9.50 Å². The number of aliphatic hydroxyl groups is 1. The van der Waals surface area contributed by atoms with Crippen LogP contribution in [0.4, 0.5) is 16.2 Å². The maximum Gasteiger partial charge on any atom is 0.224 e. The minimum atomic E-state index is -0.244. The molecule has 1 fully saturated rings. The zero-order chi connectivity index (χ0) is 15.4. The molecule has 1 aromatic carbocycles. The van der Waals surface area contributed by atoms with Gasteiger partial charge >= 0.3 is 0 Å². The van der Waals surface area contributed by atoms with Crippen molar-refractivity contribution in [3.8, 4) is 0 Å². The number of nitrogens with one attached hydrogen (secondary N) is 2. The van der Waals surface area contributed by atoms with Crippen molar-refractivity contribution in [3.63, 3.8) is 0 Å². The van der Waals surface area contributed by atoms with Gasteiger partial charge in [-0.25, -0.2) is 9.37 Å². The number of hydrogen-bond donors (Lipinski definition) is 3. The number of aromatic nitrogens is 2. The lowest BCUT2D eigenvalue weighted by molar-refractivity contribution is 0.311. The van der Waals surface area contributed by atoms with Crippen molar-refractivity contribution in [2.45, 2.75) is 25.3 Å². The van der Waals surface area contributed by atoms with Gasteiger partial charge in [0.25, 0.3) is 0 Å². The largest absolute Gasteiger partial charge is 0.395 e. The number of aliphatic hydroxyl groups excluding tert-OH is 1. The molecular weight excluding hydrogens is 283 g/mol. The van der Waals surface area contributed by atoms with Crippen LogP contribution in [0.15, 0.2) is 30.3 Å². The SMILES string of the molecule is OCCNc1nc(NCc2cccc(F)c2)cc(C2CC2)n1. The molecular formula is C16H19FN4O. The van der Waals surface area contributed by atoms with Crippen LogP contribution in [0.2, 0.25) is 0 Å². The predicted molar refractivity (Wildman–Crippen MR) is 83.3 cm³/mol. The molecule has 22 heavy (non-hydrogen) atoms. The minimum Gasteiger partial charge on any atom is -0.395 e. The standard InChI is InChI=1S/C16H19FN4O/c17-13-3-1-2-11(8-13)10-19-15-9-14(12-4-5-12)20-16(21-15)18-6-7-22/h1-3,8-9,12,22H,4-7,10H2,(H2,18,19,20,21). The Morgan fingerprint density at radius 2 is 2.05 bits per heavy atom. The van der Waals surface area contributed by atoms with Gasteiger partial charge in [0.05, 0.1) is 12.3 Å². The van der Waals surface area contributed by atoms with Gasteiger partial charge in [-0.1, -0.05) is 12.1 Å². The van der Waals surface area contributed by atoms with E-state index < -0.39 is 0 Å². The van der Waals surface area contributed by atoms with Crippen molar-refractivity contribution >= 4 is 11.8 Å². The summed E-state index contributed by atoms with van der Waals surface area (Å²) in [4.78, 5) is 8.85. The molecule has 0 spiro atoms. The smallest absolute Gasteiger partial charge is 0.224 e. The van der Waals surface area contributed by atoms with Crippen LogP contribution in [0, 0.1) is 5.82 Å². The molecule has 1 heterocycles. The van der Waals surface area contributed by atoms with Gasteiger partial charge in [-0.2, -0.15) is 4.98 Å². The van der Waals surface area contributed by atoms with E-state index in [1.165, 1.54) is 12.1 Å². The molecule has 116 valence electrons. The Kier molecular flexibility index (Phi) is 4.48. The molecule has 0 amide bonds. The monoisotopic (exact) mass is 302 g/mol. The van der Waals surface area contributed by atoms with E-state index in [9.17, 15) is 4.39 Å². The first-order valence-corrected chi connectivity index (χ1v) is 7.46. The van der Waals surface area contributed by atoms with Gasteiger partial charge in [-0.15, -0.1) is 0 Å². The van der Waals surface area contributed by atoms with Gasteiger partial charge in [0.2, 0.25) is 5.95 Å². The maximum atomic E-state index is 13.2. The Morgan fingerprint density at radius 3 is 2.77 bits per heavy atom. The second kappa shape index (κ2) is 6.70. The zero-order valence-corrected chi connectivity index (χ0v) is 12.2. The molecule has 2 aromatic rings. The third-order valence-corrected chi connectivity index (χ3v) is 3.50. The summed E-state index contributed by atoms with van der Waals surface area (Å²) in [5.41, 5.74) is 1.87. The quantitative estimate of drug-likeness (QED) is 0.733. The summed E-state index contributed by atoms with van der Waals surface area (Å²) in [7, 11) is 0. The molecule has 0 radical (unpaired) electrons. The van der Waals surface area contributed by atoms with Crippen LogP contribution >= 0.6 is 0 Å². The van der Waals surface area contributed by atoms with E-state index in [0.29, 0.717) is 30.8 Å². The van der Waals surface area contributed by atoms with Crippen LogP contribution in [-0.4, -0.2) is 28.2 Å². The average molecular weight is 302 g/mol. The van der Waals surface area contributed by atoms with E-state index in [-0.39, 0.29) is 12.4 Å². The van der Waals surface area contributed by atoms with E-state index in [1.807, 2.05) is 12.1 Å². The molecule has 1 saturated carbocycles. The highest BCUT2D eigenvalue weighted by Crippen LogP contribution is 2.39. The first-order chi connectivity index (χ1) is 10.7. The summed E-state index contributed by atoms with van der Waals surface area (Å²) in [6.45, 7) is 0.943. The highest BCUT2D eigenvalue weighted by Gasteiger charge is 2.26. The predicted octanol–water partition coefficient (Wildman–Crippen LogP) is 2.51. The Labute approximate surface area is 128 Å². The molecule has 0 atom stereocenters. The number of anilines is 2. The summed E-state index contributed by atoms with van der Waals surface area (Å²) in [6, 6.07) is 8.43. The highest BCUT2D eigenvalue weighted by molar-refractivity contribution is 5.44. The van der Waals surface area contributed by atoms with Crippen LogP contribution in [0.25, 0.3) is 0 Å². The molecule has 1 aromatic heterocycles. The fourth-order valence-corrected chi connectivity index (χ4v) is 2.23. The van der Waals surface area contributed by atoms with E-state index in [0.717, 1.165) is 24.1 Å². The molecule has 0 bridgehead atoms. The van der Waals surface area contributed by atoms with Crippen LogP contribution in [0.3, 0.4) is 0 Å². The second-order valence-electron chi connectivity index (χ2n) is 5.41. The first kappa shape index (κ1) is 14.7. The van der Waals surface area contributed by atoms with Crippen molar-refractivity contribution in [1.29, 1.82) is 0 Å². The van der Waals surface area contributed by atoms with Crippen molar-refractivity contribution in [1.82, 2.24) is 9.97 Å². The normalized spacial score (nSPS) is 13.9. The van der Waals surface area contributed by atoms with Crippen molar-refractivity contribution in [2.75, 3.05) is 23.8 Å². The molecule has 3 rings (SSSR count). The van der Waals surface area contributed by atoms with E-state index in [1.54, 1.807) is 6.07 Å². The van der Waals surface area contributed by atoms with E-state index >= 15 is 0 Å². The van der Waals surface area contributed by atoms with Crippen LogP contribution in [0.5, 0.6) is 0 Å². The summed E-state index contributed by atoms with van der Waals surface area (Å²) in [6.07, 6.45) is 2.31. The van der Waals surface area contributed by atoms with Crippen LogP contribution < -0.4 is 10.6 Å². The summed E-state index contributed by atoms with van der Waals surface area (Å²) in [5, 5.41) is 15.1. The number of halogens is 1. The van der Waals surface area contributed by atoms with Gasteiger partial charge < -0.3 is 15.7 Å². The van der Waals surface area contributed by atoms with Gasteiger partial charge in [0.1, 0.15) is 11.6 Å². The third kappa shape index (κ3) is 3.92. The Bertz CT molecular complexity index is 646. The Morgan fingerprint density at radius 1 is 1.18 bits per heavy atom. The fraction of sp³-hybridized carbons (Fsp3) is 0.375. The second-order valence-corrected chi connectivity index (χ2v) is 5.41. The average Bonchev–Trinajstić information content (AvgIpc) is 3.36. The van der Waals surface area contributed by atoms with Gasteiger partial charge in [0.15, 0.2) is 0 Å². The number of nitrogens with zero attached hydrogens (tertiary/aromatic N) is 2. The lowest BCUT2D eigenvalue weighted by Crippen LogP contribution is -2.11. The summed E-state index contributed by atoms with van der Waals surface area (Å²) >= 11 is 0. The molecule has 0 saturated heterocycles. The van der Waals surface area contributed by atoms with Crippen LogP contribution in [0.1, 0.15) is 30.0 Å². The summed E-state index contributed by atoms with van der Waals surface area (Å²) in [5.74, 6) is 1.49. The van der Waals surface area contributed by atoms with Gasteiger partial charge in [0, 0.05) is 25.1 Å². The Hall–Kier alpha value is -2.21. The molecule has 1 aliphatic rings. The van der Waals surface area contributed by atoms with Crippen LogP contribution in [-0.2, 0) is 6.54 Å². The Balaban J connectivity index is 1.72. The van der Waals surface area contributed by atoms with Gasteiger partial charge in [-0.3, -0.25) is 0 Å². The lowest BCUT2D eigenvalue weighted by Gasteiger charge is -2.10. The third-order valence-electron chi connectivity index (χ3n) is 3.50. The molecule has 0 unspecified atom stereocenters. The van der Waals surface area contributed by atoms with Crippen molar-refractivity contribution in [3.05, 3.63) is 47.4 Å². The lowest BCUT2D eigenvalue weighted by atomic mass is 10.2.